The summed E-state index contributed by atoms with van der Waals surface area (Å²) < 4.78 is 5.13. The second-order valence-electron chi connectivity index (χ2n) is 7.04. The van der Waals surface area contributed by atoms with Crippen molar-refractivity contribution < 1.29 is 19.1 Å². The zero-order valence-corrected chi connectivity index (χ0v) is 16.3. The molecule has 146 valence electrons. The van der Waals surface area contributed by atoms with Crippen molar-refractivity contribution in [1.29, 1.82) is 0 Å². The van der Waals surface area contributed by atoms with E-state index in [-0.39, 0.29) is 6.54 Å². The van der Waals surface area contributed by atoms with Crippen LogP contribution in [0, 0.1) is 13.8 Å². The molecule has 3 rings (SSSR count). The first kappa shape index (κ1) is 19.4. The number of carbonyl (C=O) groups is 3. The van der Waals surface area contributed by atoms with Gasteiger partial charge in [0.15, 0.2) is 0 Å². The summed E-state index contributed by atoms with van der Waals surface area (Å²) in [4.78, 5) is 38.7. The van der Waals surface area contributed by atoms with Gasteiger partial charge in [0, 0.05) is 5.69 Å². The van der Waals surface area contributed by atoms with Gasteiger partial charge in [0.1, 0.15) is 17.8 Å². The molecule has 0 aliphatic carbocycles. The molecule has 1 atom stereocenters. The van der Waals surface area contributed by atoms with E-state index >= 15 is 0 Å². The van der Waals surface area contributed by atoms with Crippen molar-refractivity contribution in [2.45, 2.75) is 26.3 Å². The molecule has 28 heavy (non-hydrogen) atoms. The molecule has 4 amide bonds. The number of ether oxygens (including phenoxy) is 1. The smallest absolute Gasteiger partial charge is 0.325 e. The summed E-state index contributed by atoms with van der Waals surface area (Å²) in [6, 6.07) is 12.0. The maximum atomic E-state index is 12.9. The maximum absolute atomic E-state index is 12.9. The molecule has 0 unspecified atom stereocenters. The van der Waals surface area contributed by atoms with E-state index in [2.05, 4.69) is 10.6 Å². The molecule has 0 aromatic heterocycles. The van der Waals surface area contributed by atoms with Gasteiger partial charge in [-0.2, -0.15) is 0 Å². The first-order valence-electron chi connectivity index (χ1n) is 8.90. The number of rotatable bonds is 5. The highest BCUT2D eigenvalue weighted by atomic mass is 16.5. The fourth-order valence-electron chi connectivity index (χ4n) is 3.16. The average Bonchev–Trinajstić information content (AvgIpc) is 2.89. The average molecular weight is 381 g/mol. The van der Waals surface area contributed by atoms with Crippen LogP contribution in [-0.2, 0) is 15.1 Å². The summed E-state index contributed by atoms with van der Waals surface area (Å²) in [7, 11) is 1.55. The first-order valence-corrected chi connectivity index (χ1v) is 8.90. The molecule has 1 fully saturated rings. The van der Waals surface area contributed by atoms with Crippen molar-refractivity contribution in [3.63, 3.8) is 0 Å². The van der Waals surface area contributed by atoms with Crippen LogP contribution in [0.25, 0.3) is 0 Å². The van der Waals surface area contributed by atoms with Crippen molar-refractivity contribution in [1.82, 2.24) is 10.2 Å². The molecule has 2 aromatic rings. The van der Waals surface area contributed by atoms with E-state index in [1.54, 1.807) is 38.3 Å². The van der Waals surface area contributed by atoms with Gasteiger partial charge >= 0.3 is 6.03 Å². The third-order valence-electron chi connectivity index (χ3n) is 4.91. The van der Waals surface area contributed by atoms with Crippen LogP contribution in [0.1, 0.15) is 23.6 Å². The van der Waals surface area contributed by atoms with Crippen LogP contribution < -0.4 is 15.4 Å². The van der Waals surface area contributed by atoms with Crippen molar-refractivity contribution in [2.75, 3.05) is 19.0 Å². The number of benzene rings is 2. The molecule has 7 nitrogen and oxygen atoms in total. The number of nitrogens with one attached hydrogen (secondary N) is 2. The molecule has 2 N–H and O–H groups in total. The SMILES string of the molecule is COc1ccc([C@@]2(C)NC(=O)N(CC(=O)Nc3cc(C)ccc3C)C2=O)cc1. The molecule has 1 aliphatic rings. The van der Waals surface area contributed by atoms with Gasteiger partial charge in [0.05, 0.1) is 7.11 Å². The minimum absolute atomic E-state index is 0.357. The van der Waals surface area contributed by atoms with Crippen LogP contribution in [-0.4, -0.2) is 36.4 Å². The van der Waals surface area contributed by atoms with E-state index in [0.29, 0.717) is 17.0 Å². The van der Waals surface area contributed by atoms with Gasteiger partial charge in [0.2, 0.25) is 5.91 Å². The summed E-state index contributed by atoms with van der Waals surface area (Å²) in [6.07, 6.45) is 0. The van der Waals surface area contributed by atoms with Crippen molar-refractivity contribution >= 4 is 23.5 Å². The highest BCUT2D eigenvalue weighted by Crippen LogP contribution is 2.30. The van der Waals surface area contributed by atoms with E-state index in [1.165, 1.54) is 0 Å². The van der Waals surface area contributed by atoms with Gasteiger partial charge in [-0.1, -0.05) is 24.3 Å². The topological polar surface area (TPSA) is 87.7 Å². The number of methoxy groups -OCH3 is 1. The van der Waals surface area contributed by atoms with Gasteiger partial charge in [-0.05, 0) is 55.7 Å². The van der Waals surface area contributed by atoms with Crippen molar-refractivity contribution in [3.8, 4) is 5.75 Å². The van der Waals surface area contributed by atoms with E-state index in [0.717, 1.165) is 16.0 Å². The second-order valence-corrected chi connectivity index (χ2v) is 7.04. The molecule has 2 aromatic carbocycles. The summed E-state index contributed by atoms with van der Waals surface area (Å²) in [5, 5.41) is 5.46. The molecule has 0 radical (unpaired) electrons. The lowest BCUT2D eigenvalue weighted by molar-refractivity contribution is -0.133. The molecule has 0 saturated carbocycles. The standard InChI is InChI=1S/C21H23N3O4/c1-13-5-6-14(2)17(11-13)22-18(25)12-24-19(26)21(3,23-20(24)27)15-7-9-16(28-4)10-8-15/h5-11H,12H2,1-4H3,(H,22,25)(H,23,27)/t21-/m1/s1. The minimum Gasteiger partial charge on any atom is -0.497 e. The maximum Gasteiger partial charge on any atom is 0.325 e. The minimum atomic E-state index is -1.23. The molecular formula is C21H23N3O4. The van der Waals surface area contributed by atoms with E-state index in [9.17, 15) is 14.4 Å². The molecule has 0 spiro atoms. The number of nitrogens with zero attached hydrogens (tertiary/aromatic N) is 1. The third kappa shape index (κ3) is 3.55. The summed E-state index contributed by atoms with van der Waals surface area (Å²) in [5.74, 6) is -0.260. The van der Waals surface area contributed by atoms with E-state index in [4.69, 9.17) is 4.74 Å². The van der Waals surface area contributed by atoms with Crippen molar-refractivity contribution in [2.24, 2.45) is 0 Å². The van der Waals surface area contributed by atoms with Crippen molar-refractivity contribution in [3.05, 3.63) is 59.2 Å². The number of carbonyl (C=O) groups excluding carboxylic acids is 3. The van der Waals surface area contributed by atoms with Gasteiger partial charge in [-0.15, -0.1) is 0 Å². The van der Waals surface area contributed by atoms with Crippen LogP contribution in [0.15, 0.2) is 42.5 Å². The predicted molar refractivity (Wildman–Crippen MR) is 105 cm³/mol. The van der Waals surface area contributed by atoms with Gasteiger partial charge < -0.3 is 15.4 Å². The molecule has 1 aliphatic heterocycles. The fraction of sp³-hybridized carbons (Fsp3) is 0.286. The number of aryl methyl sites for hydroxylation is 2. The molecule has 1 heterocycles. The number of anilines is 1. The Kier molecular flexibility index (Phi) is 5.09. The van der Waals surface area contributed by atoms with Gasteiger partial charge in [-0.3, -0.25) is 14.5 Å². The Balaban J connectivity index is 1.75. The van der Waals surface area contributed by atoms with Gasteiger partial charge in [0.25, 0.3) is 5.91 Å². The number of hydrogen-bond donors (Lipinski definition) is 2. The number of imide groups is 1. The zero-order chi connectivity index (χ0) is 20.5. The quantitative estimate of drug-likeness (QED) is 0.780. The summed E-state index contributed by atoms with van der Waals surface area (Å²) >= 11 is 0. The van der Waals surface area contributed by atoms with Crippen LogP contribution in [0.3, 0.4) is 0 Å². The normalized spacial score (nSPS) is 18.8. The molecule has 0 bridgehead atoms. The molecule has 7 heteroatoms. The fourth-order valence-corrected chi connectivity index (χ4v) is 3.16. The Morgan fingerprint density at radius 1 is 1.14 bits per heavy atom. The van der Waals surface area contributed by atoms with Crippen LogP contribution in [0.2, 0.25) is 0 Å². The lowest BCUT2D eigenvalue weighted by Gasteiger charge is -2.22. The lowest BCUT2D eigenvalue weighted by Crippen LogP contribution is -2.42. The van der Waals surface area contributed by atoms with Gasteiger partial charge in [-0.25, -0.2) is 4.79 Å². The Bertz CT molecular complexity index is 939. The summed E-state index contributed by atoms with van der Waals surface area (Å²) in [6.45, 7) is 5.07. The second kappa shape index (κ2) is 7.34. The summed E-state index contributed by atoms with van der Waals surface area (Å²) in [5.41, 5.74) is 1.95. The Morgan fingerprint density at radius 3 is 2.46 bits per heavy atom. The first-order chi connectivity index (χ1) is 13.2. The largest absolute Gasteiger partial charge is 0.497 e. The predicted octanol–water partition coefficient (Wildman–Crippen LogP) is 2.72. The van der Waals surface area contributed by atoms with E-state index < -0.39 is 23.4 Å². The van der Waals surface area contributed by atoms with Crippen LogP contribution in [0.5, 0.6) is 5.75 Å². The van der Waals surface area contributed by atoms with Crippen LogP contribution >= 0.6 is 0 Å². The highest BCUT2D eigenvalue weighted by Gasteiger charge is 2.49. The zero-order valence-electron chi connectivity index (χ0n) is 16.3. The number of hydrogen-bond acceptors (Lipinski definition) is 4. The number of urea groups is 1. The monoisotopic (exact) mass is 381 g/mol. The Morgan fingerprint density at radius 2 is 1.82 bits per heavy atom. The molecular weight excluding hydrogens is 358 g/mol. The number of amides is 4. The van der Waals surface area contributed by atoms with E-state index in [1.807, 2.05) is 32.0 Å². The Hall–Kier alpha value is -3.35. The Labute approximate surface area is 163 Å². The molecule has 1 saturated heterocycles. The third-order valence-corrected chi connectivity index (χ3v) is 4.91. The van der Waals surface area contributed by atoms with Crippen LogP contribution in [0.4, 0.5) is 10.5 Å². The highest BCUT2D eigenvalue weighted by molar-refractivity contribution is 6.10. The lowest BCUT2D eigenvalue weighted by atomic mass is 9.92.